The van der Waals surface area contributed by atoms with Crippen molar-refractivity contribution in [2.24, 2.45) is 0 Å². The first-order valence-electron chi connectivity index (χ1n) is 10.4. The summed E-state index contributed by atoms with van der Waals surface area (Å²) in [6, 6.07) is 20.4. The zero-order valence-electron chi connectivity index (χ0n) is 18.1. The Bertz CT molecular complexity index is 1220. The summed E-state index contributed by atoms with van der Waals surface area (Å²) < 4.78 is 7.31. The van der Waals surface area contributed by atoms with Gasteiger partial charge in [-0.3, -0.25) is 0 Å². The van der Waals surface area contributed by atoms with E-state index in [9.17, 15) is 9.90 Å². The average molecular weight is 431 g/mol. The lowest BCUT2D eigenvalue weighted by Gasteiger charge is -2.17. The lowest BCUT2D eigenvalue weighted by Crippen LogP contribution is -2.36. The predicted molar refractivity (Wildman–Crippen MR) is 124 cm³/mol. The number of aromatic hydroxyl groups is 1. The standard InChI is InChI=1S/C25H26N4O3/c1-17(21-13-20(32-2)11-12-24(21)30)28-25(31)26-14-18-7-9-19(10-8-18)15-29-16-27-22-5-3-4-6-23(22)29/h3-13,16-17,30H,14-15H2,1-2H3,(H2,26,28,31). The Balaban J connectivity index is 1.31. The lowest BCUT2D eigenvalue weighted by atomic mass is 10.1. The molecule has 4 rings (SSSR count). The van der Waals surface area contributed by atoms with Crippen LogP contribution in [0.1, 0.15) is 29.7 Å². The molecule has 0 radical (unpaired) electrons. The first-order chi connectivity index (χ1) is 15.5. The van der Waals surface area contributed by atoms with Gasteiger partial charge in [0.25, 0.3) is 0 Å². The van der Waals surface area contributed by atoms with Crippen LogP contribution in [0.15, 0.2) is 73.1 Å². The molecule has 1 atom stereocenters. The number of phenolic OH excluding ortho intramolecular Hbond substituents is 1. The highest BCUT2D eigenvalue weighted by atomic mass is 16.5. The van der Waals surface area contributed by atoms with Crippen LogP contribution in [0.5, 0.6) is 11.5 Å². The second-order valence-electron chi connectivity index (χ2n) is 7.65. The molecule has 1 aromatic heterocycles. The first-order valence-corrected chi connectivity index (χ1v) is 10.4. The Morgan fingerprint density at radius 2 is 1.84 bits per heavy atom. The maximum atomic E-state index is 12.3. The molecule has 32 heavy (non-hydrogen) atoms. The molecule has 7 heteroatoms. The summed E-state index contributed by atoms with van der Waals surface area (Å²) in [6.07, 6.45) is 1.85. The van der Waals surface area contributed by atoms with Crippen LogP contribution < -0.4 is 15.4 Å². The molecule has 3 N–H and O–H groups in total. The van der Waals surface area contributed by atoms with Gasteiger partial charge in [-0.2, -0.15) is 0 Å². The van der Waals surface area contributed by atoms with Crippen molar-refractivity contribution in [2.75, 3.05) is 7.11 Å². The second kappa shape index (κ2) is 9.43. The number of aromatic nitrogens is 2. The van der Waals surface area contributed by atoms with E-state index in [0.29, 0.717) is 17.9 Å². The molecule has 0 aliphatic carbocycles. The Hall–Kier alpha value is -4.00. The maximum Gasteiger partial charge on any atom is 0.315 e. The first kappa shape index (κ1) is 21.2. The van der Waals surface area contributed by atoms with E-state index in [1.165, 1.54) is 0 Å². The quantitative estimate of drug-likeness (QED) is 0.407. The van der Waals surface area contributed by atoms with Gasteiger partial charge in [-0.05, 0) is 48.4 Å². The van der Waals surface area contributed by atoms with E-state index in [2.05, 4.69) is 38.4 Å². The van der Waals surface area contributed by atoms with Gasteiger partial charge in [0.2, 0.25) is 0 Å². The number of methoxy groups -OCH3 is 1. The van der Waals surface area contributed by atoms with Crippen LogP contribution in [0.3, 0.4) is 0 Å². The fraction of sp³-hybridized carbons (Fsp3) is 0.200. The Morgan fingerprint density at radius 1 is 1.09 bits per heavy atom. The molecule has 164 valence electrons. The monoisotopic (exact) mass is 430 g/mol. The van der Waals surface area contributed by atoms with Gasteiger partial charge in [0, 0.05) is 18.7 Å². The molecule has 0 saturated carbocycles. The van der Waals surface area contributed by atoms with Crippen LogP contribution in [0, 0.1) is 0 Å². The van der Waals surface area contributed by atoms with Crippen molar-refractivity contribution in [3.05, 3.63) is 89.7 Å². The number of fused-ring (bicyclic) bond motifs is 1. The number of amides is 2. The summed E-state index contributed by atoms with van der Waals surface area (Å²) in [5.74, 6) is 0.732. The Labute approximate surface area is 186 Å². The van der Waals surface area contributed by atoms with Crippen LogP contribution in [-0.4, -0.2) is 27.8 Å². The fourth-order valence-electron chi connectivity index (χ4n) is 3.61. The highest BCUT2D eigenvalue weighted by Gasteiger charge is 2.14. The number of ether oxygens (including phenoxy) is 1. The third-order valence-corrected chi connectivity index (χ3v) is 5.41. The van der Waals surface area contributed by atoms with Crippen molar-refractivity contribution in [3.63, 3.8) is 0 Å². The van der Waals surface area contributed by atoms with Gasteiger partial charge >= 0.3 is 6.03 Å². The van der Waals surface area contributed by atoms with E-state index in [1.54, 1.807) is 25.3 Å². The summed E-state index contributed by atoms with van der Waals surface area (Å²) in [6.45, 7) is 2.94. The third kappa shape index (κ3) is 4.83. The van der Waals surface area contributed by atoms with Crippen LogP contribution in [0.2, 0.25) is 0 Å². The largest absolute Gasteiger partial charge is 0.508 e. The van der Waals surface area contributed by atoms with Crippen molar-refractivity contribution >= 4 is 17.1 Å². The van der Waals surface area contributed by atoms with Gasteiger partial charge in [-0.25, -0.2) is 9.78 Å². The van der Waals surface area contributed by atoms with E-state index in [0.717, 1.165) is 28.7 Å². The fourth-order valence-corrected chi connectivity index (χ4v) is 3.61. The van der Waals surface area contributed by atoms with E-state index < -0.39 is 0 Å². The average Bonchev–Trinajstić information content (AvgIpc) is 3.21. The SMILES string of the molecule is COc1ccc(O)c(C(C)NC(=O)NCc2ccc(Cn3cnc4ccccc43)cc2)c1. The molecule has 0 aliphatic heterocycles. The highest BCUT2D eigenvalue weighted by molar-refractivity contribution is 5.75. The summed E-state index contributed by atoms with van der Waals surface area (Å²) in [5.41, 5.74) is 4.83. The third-order valence-electron chi connectivity index (χ3n) is 5.41. The van der Waals surface area contributed by atoms with Crippen LogP contribution in [-0.2, 0) is 13.1 Å². The molecule has 0 bridgehead atoms. The van der Waals surface area contributed by atoms with E-state index >= 15 is 0 Å². The molecular formula is C25H26N4O3. The number of carbonyl (C=O) groups excluding carboxylic acids is 1. The molecule has 0 fully saturated rings. The van der Waals surface area contributed by atoms with Gasteiger partial charge in [0.15, 0.2) is 0 Å². The molecule has 2 amide bonds. The normalized spacial score (nSPS) is 11.8. The number of benzene rings is 3. The number of imidazole rings is 1. The highest BCUT2D eigenvalue weighted by Crippen LogP contribution is 2.28. The maximum absolute atomic E-state index is 12.3. The zero-order chi connectivity index (χ0) is 22.5. The molecule has 1 heterocycles. The summed E-state index contributed by atoms with van der Waals surface area (Å²) >= 11 is 0. The van der Waals surface area contributed by atoms with Gasteiger partial charge in [-0.1, -0.05) is 36.4 Å². The molecule has 3 aromatic carbocycles. The number of hydrogen-bond donors (Lipinski definition) is 3. The number of urea groups is 1. The Kier molecular flexibility index (Phi) is 6.26. The summed E-state index contributed by atoms with van der Waals surface area (Å²) in [7, 11) is 1.56. The number of nitrogens with one attached hydrogen (secondary N) is 2. The molecule has 0 spiro atoms. The number of carbonyl (C=O) groups is 1. The predicted octanol–water partition coefficient (Wildman–Crippen LogP) is 4.36. The molecular weight excluding hydrogens is 404 g/mol. The lowest BCUT2D eigenvalue weighted by molar-refractivity contribution is 0.237. The van der Waals surface area contributed by atoms with Gasteiger partial charge in [-0.15, -0.1) is 0 Å². The van der Waals surface area contributed by atoms with Crippen molar-refractivity contribution in [1.29, 1.82) is 0 Å². The van der Waals surface area contributed by atoms with Crippen molar-refractivity contribution < 1.29 is 14.6 Å². The summed E-state index contributed by atoms with van der Waals surface area (Å²) in [5, 5.41) is 15.8. The van der Waals surface area contributed by atoms with E-state index in [-0.39, 0.29) is 17.8 Å². The molecule has 4 aromatic rings. The molecule has 0 aliphatic rings. The minimum absolute atomic E-state index is 0.111. The number of hydrogen-bond acceptors (Lipinski definition) is 4. The minimum Gasteiger partial charge on any atom is -0.508 e. The Morgan fingerprint density at radius 3 is 2.62 bits per heavy atom. The van der Waals surface area contributed by atoms with E-state index in [1.807, 2.05) is 43.6 Å². The number of para-hydroxylation sites is 2. The molecule has 0 saturated heterocycles. The zero-order valence-corrected chi connectivity index (χ0v) is 18.1. The van der Waals surface area contributed by atoms with Crippen molar-refractivity contribution in [3.8, 4) is 11.5 Å². The van der Waals surface area contributed by atoms with Crippen molar-refractivity contribution in [2.45, 2.75) is 26.1 Å². The van der Waals surface area contributed by atoms with Crippen LogP contribution >= 0.6 is 0 Å². The molecule has 1 unspecified atom stereocenters. The van der Waals surface area contributed by atoms with Crippen molar-refractivity contribution in [1.82, 2.24) is 20.2 Å². The summed E-state index contributed by atoms with van der Waals surface area (Å²) in [4.78, 5) is 16.8. The minimum atomic E-state index is -0.377. The van der Waals surface area contributed by atoms with E-state index in [4.69, 9.17) is 4.74 Å². The van der Waals surface area contributed by atoms with Gasteiger partial charge in [0.1, 0.15) is 11.5 Å². The smallest absolute Gasteiger partial charge is 0.315 e. The van der Waals surface area contributed by atoms with Gasteiger partial charge < -0.3 is 25.0 Å². The van der Waals surface area contributed by atoms with Gasteiger partial charge in [0.05, 0.1) is 30.5 Å². The number of phenols is 1. The van der Waals surface area contributed by atoms with Crippen LogP contribution in [0.25, 0.3) is 11.0 Å². The number of nitrogens with zero attached hydrogens (tertiary/aromatic N) is 2. The molecule has 7 nitrogen and oxygen atoms in total. The topological polar surface area (TPSA) is 88.4 Å². The second-order valence-corrected chi connectivity index (χ2v) is 7.65. The van der Waals surface area contributed by atoms with Crippen LogP contribution in [0.4, 0.5) is 4.79 Å². The number of rotatable bonds is 7.